The molecule has 0 nitrogen and oxygen atoms in total. The van der Waals surface area contributed by atoms with Crippen LogP contribution in [0.2, 0.25) is 0 Å². The molecule has 0 amide bonds. The number of halogens is 1. The summed E-state index contributed by atoms with van der Waals surface area (Å²) in [6.07, 6.45) is 6.34. The Kier molecular flexibility index (Phi) is 13.6. The molecular weight excluding hydrogens is 127 g/mol. The predicted octanol–water partition coefficient (Wildman–Crippen LogP) is 3.85. The van der Waals surface area contributed by atoms with Gasteiger partial charge < -0.3 is 0 Å². The van der Waals surface area contributed by atoms with Gasteiger partial charge in [-0.25, -0.2) is 4.39 Å². The molecule has 0 bridgehead atoms. The van der Waals surface area contributed by atoms with E-state index in [0.29, 0.717) is 0 Å². The first kappa shape index (κ1) is 12.1. The Balaban J connectivity index is 0. The van der Waals surface area contributed by atoms with E-state index in [0.717, 1.165) is 6.42 Å². The highest BCUT2D eigenvalue weighted by Gasteiger charge is 1.72. The van der Waals surface area contributed by atoms with E-state index in [1.807, 2.05) is 32.9 Å². The molecule has 0 spiro atoms. The van der Waals surface area contributed by atoms with Crippen molar-refractivity contribution in [2.75, 3.05) is 0 Å². The lowest BCUT2D eigenvalue weighted by Crippen LogP contribution is -1.55. The molecule has 0 aliphatic rings. The highest BCUT2D eigenvalue weighted by molar-refractivity contribution is 4.84. The van der Waals surface area contributed by atoms with Crippen LogP contribution in [0.3, 0.4) is 0 Å². The molecule has 0 aliphatic carbocycles. The summed E-state index contributed by atoms with van der Waals surface area (Å²) in [5.41, 5.74) is 0. The Bertz CT molecular complexity index is 93.3. The van der Waals surface area contributed by atoms with Crippen LogP contribution in [0.25, 0.3) is 0 Å². The van der Waals surface area contributed by atoms with Gasteiger partial charge in [0.2, 0.25) is 0 Å². The van der Waals surface area contributed by atoms with Crippen LogP contribution in [0, 0.1) is 0 Å². The average molecular weight is 144 g/mol. The van der Waals surface area contributed by atoms with E-state index in [4.69, 9.17) is 0 Å². The van der Waals surface area contributed by atoms with Gasteiger partial charge in [0.25, 0.3) is 0 Å². The number of allylic oxidation sites excluding steroid dienone is 4. The van der Waals surface area contributed by atoms with E-state index in [9.17, 15) is 4.39 Å². The molecule has 0 radical (unpaired) electrons. The Labute approximate surface area is 63.5 Å². The van der Waals surface area contributed by atoms with Crippen molar-refractivity contribution in [1.29, 1.82) is 0 Å². The van der Waals surface area contributed by atoms with E-state index in [-0.39, 0.29) is 5.83 Å². The number of rotatable bonds is 1. The second kappa shape index (κ2) is 11.2. The van der Waals surface area contributed by atoms with E-state index in [1.165, 1.54) is 6.92 Å². The lowest BCUT2D eigenvalue weighted by molar-refractivity contribution is 0.635. The van der Waals surface area contributed by atoms with E-state index >= 15 is 0 Å². The summed E-state index contributed by atoms with van der Waals surface area (Å²) in [6, 6.07) is 0. The van der Waals surface area contributed by atoms with Crippen molar-refractivity contribution in [2.45, 2.75) is 34.1 Å². The minimum atomic E-state index is -0.0856. The first-order valence-electron chi connectivity index (χ1n) is 3.58. The molecular formula is C9H17F. The monoisotopic (exact) mass is 144 g/mol. The fourth-order valence-electron chi connectivity index (χ4n) is 0.281. The summed E-state index contributed by atoms with van der Waals surface area (Å²) in [5.74, 6) is -0.0856. The van der Waals surface area contributed by atoms with Gasteiger partial charge in [0.1, 0.15) is 0 Å². The van der Waals surface area contributed by atoms with Crippen LogP contribution in [-0.2, 0) is 0 Å². The second-order valence-electron chi connectivity index (χ2n) is 1.87. The van der Waals surface area contributed by atoms with Gasteiger partial charge >= 0.3 is 0 Å². The molecule has 0 N–H and O–H groups in total. The molecule has 0 atom stereocenters. The summed E-state index contributed by atoms with van der Waals surface area (Å²) in [5, 5.41) is 0. The maximum atomic E-state index is 11.6. The molecule has 0 aromatic carbocycles. The molecule has 0 aliphatic heterocycles. The molecule has 60 valence electrons. The van der Waals surface area contributed by atoms with Gasteiger partial charge in [-0.3, -0.25) is 0 Å². The van der Waals surface area contributed by atoms with Crippen molar-refractivity contribution in [3.63, 3.8) is 0 Å². The van der Waals surface area contributed by atoms with E-state index < -0.39 is 0 Å². The summed E-state index contributed by atoms with van der Waals surface area (Å²) in [4.78, 5) is 0. The van der Waals surface area contributed by atoms with Crippen molar-refractivity contribution < 1.29 is 4.39 Å². The third kappa shape index (κ3) is 26.2. The predicted molar refractivity (Wildman–Crippen MR) is 45.6 cm³/mol. The van der Waals surface area contributed by atoms with Crippen LogP contribution < -0.4 is 0 Å². The summed E-state index contributed by atoms with van der Waals surface area (Å²) in [7, 11) is 0. The topological polar surface area (TPSA) is 0 Å². The highest BCUT2D eigenvalue weighted by Crippen LogP contribution is 1.92. The first-order chi connectivity index (χ1) is 4.68. The number of hydrogen-bond acceptors (Lipinski definition) is 0. The maximum Gasteiger partial charge on any atom is 0.0928 e. The number of hydrogen-bond donors (Lipinski definition) is 0. The SMILES string of the molecule is C/C=C/C.CC/C=C(\C)F. The molecule has 0 fully saturated rings. The molecule has 0 rings (SSSR count). The van der Waals surface area contributed by atoms with Crippen LogP contribution in [0.15, 0.2) is 24.1 Å². The maximum absolute atomic E-state index is 11.6. The van der Waals surface area contributed by atoms with Gasteiger partial charge in [0.05, 0.1) is 5.83 Å². The van der Waals surface area contributed by atoms with Crippen LogP contribution >= 0.6 is 0 Å². The van der Waals surface area contributed by atoms with Gasteiger partial charge in [0.15, 0.2) is 0 Å². The van der Waals surface area contributed by atoms with Gasteiger partial charge in [-0.15, -0.1) is 0 Å². The zero-order valence-corrected chi connectivity index (χ0v) is 7.32. The molecule has 0 unspecified atom stereocenters. The normalized spacial score (nSPS) is 11.1. The highest BCUT2D eigenvalue weighted by atomic mass is 19.1. The van der Waals surface area contributed by atoms with Gasteiger partial charge in [-0.1, -0.05) is 25.2 Å². The van der Waals surface area contributed by atoms with Crippen molar-refractivity contribution in [2.24, 2.45) is 0 Å². The van der Waals surface area contributed by atoms with E-state index in [1.54, 1.807) is 6.08 Å². The first-order valence-corrected chi connectivity index (χ1v) is 3.58. The zero-order valence-electron chi connectivity index (χ0n) is 7.32. The summed E-state index contributed by atoms with van der Waals surface area (Å²) < 4.78 is 11.6. The van der Waals surface area contributed by atoms with Crippen molar-refractivity contribution in [3.05, 3.63) is 24.1 Å². The van der Waals surface area contributed by atoms with Crippen LogP contribution in [0.4, 0.5) is 4.39 Å². The zero-order chi connectivity index (χ0) is 8.41. The van der Waals surface area contributed by atoms with Gasteiger partial charge in [0, 0.05) is 0 Å². The van der Waals surface area contributed by atoms with Crippen molar-refractivity contribution in [1.82, 2.24) is 0 Å². The van der Waals surface area contributed by atoms with Gasteiger partial charge in [-0.05, 0) is 27.2 Å². The minimum absolute atomic E-state index is 0.0856. The molecule has 10 heavy (non-hydrogen) atoms. The average Bonchev–Trinajstić information content (AvgIpc) is 1.89. The molecule has 0 saturated heterocycles. The summed E-state index contributed by atoms with van der Waals surface area (Å²) in [6.45, 7) is 7.35. The van der Waals surface area contributed by atoms with E-state index in [2.05, 4.69) is 0 Å². The van der Waals surface area contributed by atoms with Crippen LogP contribution in [-0.4, -0.2) is 0 Å². The Hall–Kier alpha value is -0.590. The fraction of sp³-hybridized carbons (Fsp3) is 0.556. The molecule has 0 aromatic rings. The molecule has 0 aromatic heterocycles. The van der Waals surface area contributed by atoms with Crippen molar-refractivity contribution >= 4 is 0 Å². The quantitative estimate of drug-likeness (QED) is 0.490. The standard InChI is InChI=1S/C5H9F.C4H8/c1-3-4-5(2)6;1-3-4-2/h4H,3H2,1-2H3;3-4H,1-2H3/b5-4+;4-3+. The molecule has 0 heterocycles. The van der Waals surface area contributed by atoms with Gasteiger partial charge in [-0.2, -0.15) is 0 Å². The van der Waals surface area contributed by atoms with Crippen molar-refractivity contribution in [3.8, 4) is 0 Å². The third-order valence-corrected chi connectivity index (χ3v) is 0.819. The second-order valence-corrected chi connectivity index (χ2v) is 1.87. The largest absolute Gasteiger partial charge is 0.212 e. The van der Waals surface area contributed by atoms with Crippen LogP contribution in [0.5, 0.6) is 0 Å². The third-order valence-electron chi connectivity index (χ3n) is 0.819. The molecule has 0 saturated carbocycles. The Morgan fingerprint density at radius 1 is 1.30 bits per heavy atom. The Morgan fingerprint density at radius 3 is 1.70 bits per heavy atom. The lowest BCUT2D eigenvalue weighted by Gasteiger charge is -1.75. The summed E-state index contributed by atoms with van der Waals surface area (Å²) >= 11 is 0. The Morgan fingerprint density at radius 2 is 1.70 bits per heavy atom. The van der Waals surface area contributed by atoms with Crippen LogP contribution in [0.1, 0.15) is 34.1 Å². The fourth-order valence-corrected chi connectivity index (χ4v) is 0.281. The molecule has 1 heteroatoms. The smallest absolute Gasteiger partial charge is 0.0928 e. The minimum Gasteiger partial charge on any atom is -0.212 e. The lowest BCUT2D eigenvalue weighted by atomic mass is 10.4.